The second-order valence-corrected chi connectivity index (χ2v) is 2.97. The number of fused-ring (bicyclic) bond motifs is 1. The molecule has 0 aliphatic carbocycles. The van der Waals surface area contributed by atoms with Gasteiger partial charge in [-0.15, -0.1) is 0 Å². The van der Waals surface area contributed by atoms with Crippen LogP contribution in [0.2, 0.25) is 0 Å². The van der Waals surface area contributed by atoms with Crippen molar-refractivity contribution >= 4 is 17.2 Å². The van der Waals surface area contributed by atoms with E-state index in [1.54, 1.807) is 6.20 Å². The molecular weight excluding hydrogens is 176 g/mol. The Hall–Kier alpha value is -1.68. The third-order valence-electron chi connectivity index (χ3n) is 1.89. The molecule has 2 aromatic rings. The standard InChI is InChI=1S/C10H12N4/c1-11-5-2-3-8-7-13-10-9(14-8)4-6-12-10/h2-4,6-7,11H,5H2,1H3,(H,12,13). The Balaban J connectivity index is 2.25. The van der Waals surface area contributed by atoms with Crippen LogP contribution in [0.3, 0.4) is 0 Å². The lowest BCUT2D eigenvalue weighted by molar-refractivity contribution is 0.922. The predicted molar refractivity (Wildman–Crippen MR) is 56.8 cm³/mol. The molecule has 0 aromatic carbocycles. The summed E-state index contributed by atoms with van der Waals surface area (Å²) in [4.78, 5) is 11.6. The van der Waals surface area contributed by atoms with Crippen molar-refractivity contribution in [2.45, 2.75) is 0 Å². The molecule has 2 rings (SSSR count). The number of hydrogen-bond donors (Lipinski definition) is 2. The van der Waals surface area contributed by atoms with Gasteiger partial charge < -0.3 is 10.3 Å². The first-order valence-corrected chi connectivity index (χ1v) is 4.51. The van der Waals surface area contributed by atoms with Crippen molar-refractivity contribution in [3.05, 3.63) is 30.2 Å². The van der Waals surface area contributed by atoms with Crippen molar-refractivity contribution in [1.82, 2.24) is 20.3 Å². The van der Waals surface area contributed by atoms with Gasteiger partial charge in [-0.25, -0.2) is 9.97 Å². The van der Waals surface area contributed by atoms with Gasteiger partial charge in [0.15, 0.2) is 5.65 Å². The molecule has 0 amide bonds. The lowest BCUT2D eigenvalue weighted by atomic mass is 10.4. The first-order valence-electron chi connectivity index (χ1n) is 4.51. The first-order chi connectivity index (χ1) is 6.90. The zero-order chi connectivity index (χ0) is 9.80. The van der Waals surface area contributed by atoms with Crippen LogP contribution < -0.4 is 5.32 Å². The Morgan fingerprint density at radius 1 is 1.57 bits per heavy atom. The maximum Gasteiger partial charge on any atom is 0.156 e. The highest BCUT2D eigenvalue weighted by atomic mass is 14.9. The Morgan fingerprint density at radius 3 is 3.36 bits per heavy atom. The molecule has 0 spiro atoms. The van der Waals surface area contributed by atoms with E-state index in [1.165, 1.54) is 0 Å². The van der Waals surface area contributed by atoms with Gasteiger partial charge in [0, 0.05) is 12.7 Å². The number of aromatic nitrogens is 3. The molecule has 72 valence electrons. The van der Waals surface area contributed by atoms with E-state index in [4.69, 9.17) is 0 Å². The Labute approximate surface area is 82.1 Å². The summed E-state index contributed by atoms with van der Waals surface area (Å²) in [6.45, 7) is 0.840. The number of rotatable bonds is 3. The van der Waals surface area contributed by atoms with Gasteiger partial charge in [-0.1, -0.05) is 6.08 Å². The summed E-state index contributed by atoms with van der Waals surface area (Å²) < 4.78 is 0. The van der Waals surface area contributed by atoms with Crippen molar-refractivity contribution < 1.29 is 0 Å². The van der Waals surface area contributed by atoms with E-state index < -0.39 is 0 Å². The minimum Gasteiger partial charge on any atom is -0.345 e. The van der Waals surface area contributed by atoms with Gasteiger partial charge in [-0.2, -0.15) is 0 Å². The third kappa shape index (κ3) is 1.80. The summed E-state index contributed by atoms with van der Waals surface area (Å²) in [5, 5.41) is 3.03. The van der Waals surface area contributed by atoms with Crippen LogP contribution in [0.15, 0.2) is 24.5 Å². The lowest BCUT2D eigenvalue weighted by Crippen LogP contribution is -2.03. The maximum absolute atomic E-state index is 4.40. The molecule has 0 unspecified atom stereocenters. The van der Waals surface area contributed by atoms with Crippen LogP contribution in [0.1, 0.15) is 5.69 Å². The second-order valence-electron chi connectivity index (χ2n) is 2.97. The quantitative estimate of drug-likeness (QED) is 0.760. The highest BCUT2D eigenvalue weighted by Crippen LogP contribution is 2.07. The van der Waals surface area contributed by atoms with E-state index >= 15 is 0 Å². The summed E-state index contributed by atoms with van der Waals surface area (Å²) in [5.74, 6) is 0. The second kappa shape index (κ2) is 4.02. The van der Waals surface area contributed by atoms with Gasteiger partial charge in [-0.05, 0) is 19.2 Å². The number of aromatic amines is 1. The van der Waals surface area contributed by atoms with E-state index in [0.717, 1.165) is 23.4 Å². The number of likely N-dealkylation sites (N-methyl/N-ethyl adjacent to an activating group) is 1. The molecule has 0 fully saturated rings. The van der Waals surface area contributed by atoms with Gasteiger partial charge >= 0.3 is 0 Å². The summed E-state index contributed by atoms with van der Waals surface area (Å²) in [7, 11) is 1.91. The molecule has 2 aromatic heterocycles. The van der Waals surface area contributed by atoms with Gasteiger partial charge in [0.05, 0.1) is 11.9 Å². The summed E-state index contributed by atoms with van der Waals surface area (Å²) in [6.07, 6.45) is 7.56. The fourth-order valence-corrected chi connectivity index (χ4v) is 1.22. The van der Waals surface area contributed by atoms with Crippen molar-refractivity contribution in [2.75, 3.05) is 13.6 Å². The van der Waals surface area contributed by atoms with Gasteiger partial charge in [0.2, 0.25) is 0 Å². The zero-order valence-electron chi connectivity index (χ0n) is 7.99. The molecular formula is C10H12N4. The summed E-state index contributed by atoms with van der Waals surface area (Å²) in [5.41, 5.74) is 2.61. The van der Waals surface area contributed by atoms with E-state index in [0.29, 0.717) is 0 Å². The van der Waals surface area contributed by atoms with Gasteiger partial charge in [-0.3, -0.25) is 0 Å². The SMILES string of the molecule is CNCC=Cc1cnc2[nH]ccc2n1. The molecule has 0 aliphatic rings. The Kier molecular flexibility index (Phi) is 2.55. The van der Waals surface area contributed by atoms with E-state index in [1.807, 2.05) is 31.5 Å². The fraction of sp³-hybridized carbons (Fsp3) is 0.200. The normalized spacial score (nSPS) is 11.5. The molecule has 14 heavy (non-hydrogen) atoms. The van der Waals surface area contributed by atoms with E-state index in [-0.39, 0.29) is 0 Å². The van der Waals surface area contributed by atoms with Crippen LogP contribution in [0.4, 0.5) is 0 Å². The average molecular weight is 188 g/mol. The smallest absolute Gasteiger partial charge is 0.156 e. The molecule has 4 heteroatoms. The molecule has 2 N–H and O–H groups in total. The van der Waals surface area contributed by atoms with Crippen LogP contribution >= 0.6 is 0 Å². The van der Waals surface area contributed by atoms with Crippen LogP contribution in [0.25, 0.3) is 17.2 Å². The molecule has 0 atom stereocenters. The van der Waals surface area contributed by atoms with Crippen LogP contribution in [0.5, 0.6) is 0 Å². The zero-order valence-corrected chi connectivity index (χ0v) is 7.99. The molecule has 0 radical (unpaired) electrons. The highest BCUT2D eigenvalue weighted by molar-refractivity contribution is 5.71. The molecule has 0 saturated heterocycles. The topological polar surface area (TPSA) is 53.6 Å². The maximum atomic E-state index is 4.40. The Morgan fingerprint density at radius 2 is 2.50 bits per heavy atom. The van der Waals surface area contributed by atoms with Crippen LogP contribution in [-0.4, -0.2) is 28.5 Å². The number of nitrogens with one attached hydrogen (secondary N) is 2. The summed E-state index contributed by atoms with van der Waals surface area (Å²) >= 11 is 0. The van der Waals surface area contributed by atoms with Crippen LogP contribution in [0, 0.1) is 0 Å². The molecule has 2 heterocycles. The minimum atomic E-state index is 0.829. The van der Waals surface area contributed by atoms with Gasteiger partial charge in [0.1, 0.15) is 5.52 Å². The monoisotopic (exact) mass is 188 g/mol. The largest absolute Gasteiger partial charge is 0.345 e. The number of H-pyrrole nitrogens is 1. The lowest BCUT2D eigenvalue weighted by Gasteiger charge is -1.93. The van der Waals surface area contributed by atoms with E-state index in [9.17, 15) is 0 Å². The number of nitrogens with zero attached hydrogens (tertiary/aromatic N) is 2. The van der Waals surface area contributed by atoms with Crippen molar-refractivity contribution in [2.24, 2.45) is 0 Å². The molecule has 4 nitrogen and oxygen atoms in total. The highest BCUT2D eigenvalue weighted by Gasteiger charge is 1.96. The van der Waals surface area contributed by atoms with Gasteiger partial charge in [0.25, 0.3) is 0 Å². The van der Waals surface area contributed by atoms with Crippen LogP contribution in [-0.2, 0) is 0 Å². The predicted octanol–water partition coefficient (Wildman–Crippen LogP) is 1.19. The molecule has 0 bridgehead atoms. The Bertz CT molecular complexity index is 444. The van der Waals surface area contributed by atoms with Crippen molar-refractivity contribution in [3.63, 3.8) is 0 Å². The summed E-state index contributed by atoms with van der Waals surface area (Å²) in [6, 6.07) is 1.91. The number of hydrogen-bond acceptors (Lipinski definition) is 3. The average Bonchev–Trinajstić information content (AvgIpc) is 2.65. The first kappa shape index (κ1) is 8.90. The van der Waals surface area contributed by atoms with Crippen molar-refractivity contribution in [1.29, 1.82) is 0 Å². The minimum absolute atomic E-state index is 0.829. The fourth-order valence-electron chi connectivity index (χ4n) is 1.22. The molecule has 0 aliphatic heterocycles. The van der Waals surface area contributed by atoms with Crippen molar-refractivity contribution in [3.8, 4) is 0 Å². The third-order valence-corrected chi connectivity index (χ3v) is 1.89. The van der Waals surface area contributed by atoms with E-state index in [2.05, 4.69) is 20.3 Å². The molecule has 0 saturated carbocycles.